The minimum Gasteiger partial charge on any atom is -0.398 e. The molecular formula is C33H35N3S. The van der Waals surface area contributed by atoms with Gasteiger partial charge in [-0.15, -0.1) is 11.3 Å². The molecule has 5 rings (SSSR count). The summed E-state index contributed by atoms with van der Waals surface area (Å²) >= 11 is 1.76. The molecule has 3 nitrogen and oxygen atoms in total. The smallest absolute Gasteiger partial charge is 0.0573 e. The van der Waals surface area contributed by atoms with Crippen LogP contribution in [-0.2, 0) is 0 Å². The van der Waals surface area contributed by atoms with Crippen molar-refractivity contribution in [1.82, 2.24) is 0 Å². The number of hydrogen-bond donors (Lipinski definition) is 3. The highest BCUT2D eigenvalue weighted by Gasteiger charge is 2.22. The normalized spacial score (nSPS) is 16.5. The van der Waals surface area contributed by atoms with Crippen LogP contribution in [0.3, 0.4) is 0 Å². The van der Waals surface area contributed by atoms with Gasteiger partial charge in [0.05, 0.1) is 5.69 Å². The molecular weight excluding hydrogens is 470 g/mol. The van der Waals surface area contributed by atoms with Crippen molar-refractivity contribution in [3.05, 3.63) is 118 Å². The van der Waals surface area contributed by atoms with E-state index in [0.29, 0.717) is 6.54 Å². The first kappa shape index (κ1) is 26.2. The predicted molar refractivity (Wildman–Crippen MR) is 166 cm³/mol. The van der Waals surface area contributed by atoms with Gasteiger partial charge < -0.3 is 16.8 Å². The summed E-state index contributed by atoms with van der Waals surface area (Å²) in [5.41, 5.74) is 19.6. The van der Waals surface area contributed by atoms with E-state index < -0.39 is 0 Å². The summed E-state index contributed by atoms with van der Waals surface area (Å²) in [7, 11) is 0. The first-order chi connectivity index (χ1) is 18.2. The first-order valence-electron chi connectivity index (χ1n) is 12.8. The Morgan fingerprint density at radius 1 is 1.11 bits per heavy atom. The van der Waals surface area contributed by atoms with Crippen LogP contribution >= 0.6 is 11.3 Å². The summed E-state index contributed by atoms with van der Waals surface area (Å²) in [6, 6.07) is 13.0. The summed E-state index contributed by atoms with van der Waals surface area (Å²) in [5.74, 6) is 0. The Morgan fingerprint density at radius 3 is 2.76 bits per heavy atom. The van der Waals surface area contributed by atoms with Crippen molar-refractivity contribution >= 4 is 56.7 Å². The van der Waals surface area contributed by atoms with E-state index in [1.54, 1.807) is 11.3 Å². The Balaban J connectivity index is 0.00000156. The van der Waals surface area contributed by atoms with Gasteiger partial charge in [0.1, 0.15) is 0 Å². The molecule has 0 fully saturated rings. The maximum atomic E-state index is 6.34. The highest BCUT2D eigenvalue weighted by molar-refractivity contribution is 7.17. The standard InChI is InChI=1S/C31H29N3S.C2H6/c1-21-24(25-16-15-23(20-30(25)35-21)22-10-5-4-6-11-22)17-18-29-27-13-9-12-26(31(27)34-29)28(33)14-7-2-3-8-19-32;1-2/h2-5,7-10,12-18,20,34H,1,6,11,19,32-33H2;1-2H3/b7-2-,8-3-,24-17+,28-14-,29-18-;. The Hall–Kier alpha value is -3.86. The molecule has 2 heterocycles. The number of nitrogens with two attached hydrogens (primary N) is 2. The van der Waals surface area contributed by atoms with E-state index in [-0.39, 0.29) is 0 Å². The molecule has 37 heavy (non-hydrogen) atoms. The second-order valence-electron chi connectivity index (χ2n) is 8.58. The molecule has 0 bridgehead atoms. The number of hydrogen-bond acceptors (Lipinski definition) is 4. The van der Waals surface area contributed by atoms with Gasteiger partial charge in [0, 0.05) is 43.7 Å². The summed E-state index contributed by atoms with van der Waals surface area (Å²) in [4.78, 5) is 0. The van der Waals surface area contributed by atoms with Crippen molar-refractivity contribution in [3.8, 4) is 0 Å². The monoisotopic (exact) mass is 505 g/mol. The van der Waals surface area contributed by atoms with Gasteiger partial charge in [0.2, 0.25) is 0 Å². The van der Waals surface area contributed by atoms with Gasteiger partial charge in [-0.3, -0.25) is 0 Å². The third-order valence-corrected chi connectivity index (χ3v) is 7.33. The van der Waals surface area contributed by atoms with Crippen LogP contribution < -0.4 is 26.5 Å². The van der Waals surface area contributed by atoms with Crippen LogP contribution in [0.5, 0.6) is 0 Å². The molecule has 0 spiro atoms. The number of thiophene rings is 1. The molecule has 0 radical (unpaired) electrons. The van der Waals surface area contributed by atoms with E-state index in [0.717, 1.165) is 40.0 Å². The molecule has 0 unspecified atom stereocenters. The zero-order chi connectivity index (χ0) is 26.2. The highest BCUT2D eigenvalue weighted by Crippen LogP contribution is 2.40. The van der Waals surface area contributed by atoms with E-state index in [1.807, 2.05) is 56.4 Å². The van der Waals surface area contributed by atoms with Crippen molar-refractivity contribution in [3.63, 3.8) is 0 Å². The minimum atomic E-state index is 0.527. The number of para-hydroxylation sites is 1. The third-order valence-electron chi connectivity index (χ3n) is 6.30. The average Bonchev–Trinajstić information content (AvgIpc) is 3.24. The van der Waals surface area contributed by atoms with Gasteiger partial charge in [0.25, 0.3) is 0 Å². The van der Waals surface area contributed by atoms with Crippen molar-refractivity contribution < 1.29 is 0 Å². The first-order valence-corrected chi connectivity index (χ1v) is 13.7. The lowest BCUT2D eigenvalue weighted by molar-refractivity contribution is 1.05. The molecule has 0 atom stereocenters. The Labute approximate surface area is 223 Å². The van der Waals surface area contributed by atoms with Crippen molar-refractivity contribution in [2.45, 2.75) is 26.7 Å². The number of rotatable bonds is 6. The topological polar surface area (TPSA) is 64.1 Å². The van der Waals surface area contributed by atoms with E-state index in [1.165, 1.54) is 32.0 Å². The Morgan fingerprint density at radius 2 is 1.97 bits per heavy atom. The lowest BCUT2D eigenvalue weighted by atomic mass is 9.95. The van der Waals surface area contributed by atoms with Gasteiger partial charge in [-0.05, 0) is 47.4 Å². The molecule has 1 aliphatic heterocycles. The zero-order valence-electron chi connectivity index (χ0n) is 21.6. The van der Waals surface area contributed by atoms with Gasteiger partial charge in [-0.25, -0.2) is 0 Å². The van der Waals surface area contributed by atoms with E-state index in [9.17, 15) is 0 Å². The number of fused-ring (bicyclic) bond motifs is 2. The summed E-state index contributed by atoms with van der Waals surface area (Å²) in [5, 5.41) is 5.93. The summed E-state index contributed by atoms with van der Waals surface area (Å²) in [6.07, 6.45) is 22.7. The van der Waals surface area contributed by atoms with Crippen LogP contribution in [0.2, 0.25) is 0 Å². The van der Waals surface area contributed by atoms with Crippen LogP contribution in [0.4, 0.5) is 5.69 Å². The van der Waals surface area contributed by atoms with Crippen LogP contribution in [0.1, 0.15) is 43.4 Å². The number of allylic oxidation sites excluding steroid dienone is 9. The highest BCUT2D eigenvalue weighted by atomic mass is 32.1. The number of benzene rings is 2. The maximum Gasteiger partial charge on any atom is 0.0573 e. The molecule has 2 aromatic carbocycles. The maximum absolute atomic E-state index is 6.34. The van der Waals surface area contributed by atoms with Gasteiger partial charge in [-0.1, -0.05) is 99.4 Å². The molecule has 3 aromatic rings. The van der Waals surface area contributed by atoms with E-state index in [4.69, 9.17) is 11.5 Å². The average molecular weight is 506 g/mol. The molecule has 1 aliphatic carbocycles. The van der Waals surface area contributed by atoms with E-state index in [2.05, 4.69) is 66.5 Å². The molecule has 4 heteroatoms. The van der Waals surface area contributed by atoms with Crippen molar-refractivity contribution in [2.24, 2.45) is 11.5 Å². The number of nitrogens with one attached hydrogen (secondary N) is 1. The Bertz CT molecular complexity index is 1580. The fourth-order valence-electron chi connectivity index (χ4n) is 4.45. The fraction of sp³-hybridized carbons (Fsp3) is 0.152. The second kappa shape index (κ2) is 12.4. The molecule has 1 aromatic heterocycles. The molecule has 188 valence electrons. The third kappa shape index (κ3) is 5.77. The minimum absolute atomic E-state index is 0.527. The van der Waals surface area contributed by atoms with Gasteiger partial charge >= 0.3 is 0 Å². The van der Waals surface area contributed by atoms with Crippen LogP contribution in [0.15, 0.2) is 91.1 Å². The zero-order valence-corrected chi connectivity index (χ0v) is 22.4. The predicted octanol–water partition coefficient (Wildman–Crippen LogP) is 6.69. The SMILES string of the molecule is C=c1sc2cc(C3=CC=CCC3)ccc2/c1=C/C=C1\Nc2c(/C(N)=C/C=C\C=C/CN)cccc21.CC. The van der Waals surface area contributed by atoms with Gasteiger partial charge in [0.15, 0.2) is 0 Å². The lowest BCUT2D eigenvalue weighted by Crippen LogP contribution is -2.18. The quantitative estimate of drug-likeness (QED) is 0.327. The largest absolute Gasteiger partial charge is 0.398 e. The van der Waals surface area contributed by atoms with Crippen LogP contribution in [-0.4, -0.2) is 6.54 Å². The van der Waals surface area contributed by atoms with Crippen molar-refractivity contribution in [2.75, 3.05) is 11.9 Å². The lowest BCUT2D eigenvalue weighted by Gasteiger charge is -2.28. The van der Waals surface area contributed by atoms with E-state index >= 15 is 0 Å². The molecule has 2 aliphatic rings. The molecule has 0 saturated carbocycles. The number of anilines is 1. The van der Waals surface area contributed by atoms with Gasteiger partial charge in [-0.2, -0.15) is 0 Å². The van der Waals surface area contributed by atoms with Crippen molar-refractivity contribution in [1.29, 1.82) is 0 Å². The second-order valence-corrected chi connectivity index (χ2v) is 9.72. The van der Waals surface area contributed by atoms with Crippen LogP contribution in [0.25, 0.3) is 39.7 Å². The molecule has 0 amide bonds. The molecule has 5 N–H and O–H groups in total. The molecule has 0 saturated heterocycles. The summed E-state index contributed by atoms with van der Waals surface area (Å²) in [6.45, 7) is 8.85. The fourth-order valence-corrected chi connectivity index (χ4v) is 5.48. The van der Waals surface area contributed by atoms with Crippen LogP contribution in [0, 0.1) is 0 Å². The summed E-state index contributed by atoms with van der Waals surface area (Å²) < 4.78 is 2.37. The Kier molecular flexibility index (Phi) is 8.78.